The molecule has 72 valence electrons. The van der Waals surface area contributed by atoms with Crippen molar-refractivity contribution in [3.8, 4) is 0 Å². The maximum Gasteiger partial charge on any atom is 0.0459 e. The van der Waals surface area contributed by atoms with Crippen molar-refractivity contribution in [1.29, 1.82) is 0 Å². The molecule has 0 amide bonds. The minimum atomic E-state index is 0.186. The molecule has 0 nitrogen and oxygen atoms in total. The molecule has 0 aliphatic carbocycles. The summed E-state index contributed by atoms with van der Waals surface area (Å²) in [5.41, 5.74) is 1.50. The maximum atomic E-state index is 3.51. The molecule has 0 aliphatic heterocycles. The summed E-state index contributed by atoms with van der Waals surface area (Å²) in [6.07, 6.45) is 0. The lowest BCUT2D eigenvalue weighted by Crippen LogP contribution is -2.10. The third-order valence-electron chi connectivity index (χ3n) is 1.85. The van der Waals surface area contributed by atoms with Crippen LogP contribution in [0.1, 0.15) is 26.3 Å². The van der Waals surface area contributed by atoms with Crippen LogP contribution in [0.3, 0.4) is 0 Å². The molecule has 0 bridgehead atoms. The Morgan fingerprint density at radius 2 is 1.31 bits per heavy atom. The fraction of sp³-hybridized carbons (Fsp3) is 0.400. The molecular formula is C10H11Br3. The number of halogens is 3. The van der Waals surface area contributed by atoms with Gasteiger partial charge in [-0.05, 0) is 70.9 Å². The molecule has 0 saturated carbocycles. The molecule has 0 N–H and O–H groups in total. The summed E-state index contributed by atoms with van der Waals surface area (Å²) < 4.78 is 3.25. The van der Waals surface area contributed by atoms with E-state index in [0.717, 1.165) is 13.4 Å². The van der Waals surface area contributed by atoms with Crippen molar-refractivity contribution < 1.29 is 0 Å². The molecule has 0 saturated heterocycles. The summed E-state index contributed by atoms with van der Waals surface area (Å²) in [7, 11) is 0. The Balaban J connectivity index is 3.29. The molecule has 0 unspecified atom stereocenters. The zero-order valence-corrected chi connectivity index (χ0v) is 12.5. The van der Waals surface area contributed by atoms with E-state index in [2.05, 4.69) is 80.7 Å². The molecule has 13 heavy (non-hydrogen) atoms. The van der Waals surface area contributed by atoms with Gasteiger partial charge >= 0.3 is 0 Å². The van der Waals surface area contributed by atoms with Crippen molar-refractivity contribution in [1.82, 2.24) is 0 Å². The van der Waals surface area contributed by atoms with Crippen molar-refractivity contribution in [2.24, 2.45) is 0 Å². The molecule has 0 fully saturated rings. The van der Waals surface area contributed by atoms with Gasteiger partial charge in [0.15, 0.2) is 0 Å². The van der Waals surface area contributed by atoms with Crippen molar-refractivity contribution in [2.45, 2.75) is 26.2 Å². The lowest BCUT2D eigenvalue weighted by atomic mass is 9.87. The molecule has 0 aliphatic rings. The van der Waals surface area contributed by atoms with Crippen LogP contribution in [-0.2, 0) is 5.41 Å². The van der Waals surface area contributed by atoms with Crippen molar-refractivity contribution in [2.75, 3.05) is 0 Å². The van der Waals surface area contributed by atoms with Gasteiger partial charge in [0, 0.05) is 13.4 Å². The minimum absolute atomic E-state index is 0.186. The molecule has 1 rings (SSSR count). The third-order valence-corrected chi connectivity index (χ3v) is 5.02. The van der Waals surface area contributed by atoms with Crippen LogP contribution in [0.4, 0.5) is 0 Å². The highest BCUT2D eigenvalue weighted by atomic mass is 79.9. The van der Waals surface area contributed by atoms with Gasteiger partial charge in [0.25, 0.3) is 0 Å². The predicted molar refractivity (Wildman–Crippen MR) is 68.2 cm³/mol. The van der Waals surface area contributed by atoms with Crippen LogP contribution in [0.5, 0.6) is 0 Å². The fourth-order valence-electron chi connectivity index (χ4n) is 0.989. The summed E-state index contributed by atoms with van der Waals surface area (Å²) in [4.78, 5) is 0. The molecule has 1 aromatic rings. The van der Waals surface area contributed by atoms with Crippen molar-refractivity contribution in [3.63, 3.8) is 0 Å². The Morgan fingerprint density at radius 3 is 1.62 bits per heavy atom. The van der Waals surface area contributed by atoms with Crippen LogP contribution in [0.25, 0.3) is 0 Å². The molecule has 0 spiro atoms. The first kappa shape index (κ1) is 11.7. The van der Waals surface area contributed by atoms with Gasteiger partial charge in [0.1, 0.15) is 0 Å². The van der Waals surface area contributed by atoms with E-state index in [1.165, 1.54) is 5.56 Å². The SMILES string of the molecule is CC(C)(C)c1cc(Br)c(Br)c(Br)c1. The standard InChI is InChI=1S/C10H11Br3/c1-10(2,3)6-4-7(11)9(13)8(12)5-6/h4-5H,1-3H3. The van der Waals surface area contributed by atoms with E-state index in [1.54, 1.807) is 0 Å². The normalized spacial score (nSPS) is 11.8. The molecule has 0 aromatic heterocycles. The first-order valence-corrected chi connectivity index (χ1v) is 6.35. The van der Waals surface area contributed by atoms with Gasteiger partial charge in [0.05, 0.1) is 0 Å². The van der Waals surface area contributed by atoms with E-state index < -0.39 is 0 Å². The van der Waals surface area contributed by atoms with Crippen LogP contribution in [-0.4, -0.2) is 0 Å². The van der Waals surface area contributed by atoms with Crippen LogP contribution >= 0.6 is 47.8 Å². The van der Waals surface area contributed by atoms with Crippen LogP contribution in [0.15, 0.2) is 25.6 Å². The van der Waals surface area contributed by atoms with Crippen LogP contribution < -0.4 is 0 Å². The van der Waals surface area contributed by atoms with Gasteiger partial charge in [-0.15, -0.1) is 0 Å². The first-order chi connectivity index (χ1) is 5.82. The van der Waals surface area contributed by atoms with Gasteiger partial charge in [-0.25, -0.2) is 0 Å². The van der Waals surface area contributed by atoms with Crippen LogP contribution in [0, 0.1) is 0 Å². The van der Waals surface area contributed by atoms with E-state index in [9.17, 15) is 0 Å². The molecule has 3 heteroatoms. The highest BCUT2D eigenvalue weighted by Crippen LogP contribution is 2.35. The summed E-state index contributed by atoms with van der Waals surface area (Å²) >= 11 is 10.5. The van der Waals surface area contributed by atoms with E-state index >= 15 is 0 Å². The molecule has 0 atom stereocenters. The number of rotatable bonds is 0. The highest BCUT2D eigenvalue weighted by Gasteiger charge is 2.16. The zero-order chi connectivity index (χ0) is 10.2. The molecule has 1 aromatic carbocycles. The molecular weight excluding hydrogens is 360 g/mol. The second kappa shape index (κ2) is 4.03. The Morgan fingerprint density at radius 1 is 0.923 bits per heavy atom. The smallest absolute Gasteiger partial charge is 0.0459 e. The Labute approximate surface area is 104 Å². The monoisotopic (exact) mass is 368 g/mol. The number of hydrogen-bond acceptors (Lipinski definition) is 0. The summed E-state index contributed by atoms with van der Waals surface area (Å²) in [6, 6.07) is 4.30. The van der Waals surface area contributed by atoms with E-state index in [-0.39, 0.29) is 5.41 Å². The average Bonchev–Trinajstić information content (AvgIpc) is 1.97. The van der Waals surface area contributed by atoms with Crippen molar-refractivity contribution >= 4 is 47.8 Å². The Hall–Kier alpha value is 0.660. The highest BCUT2D eigenvalue weighted by molar-refractivity contribution is 9.14. The van der Waals surface area contributed by atoms with Crippen LogP contribution in [0.2, 0.25) is 0 Å². The maximum absolute atomic E-state index is 3.51. The Bertz CT molecular complexity index is 300. The predicted octanol–water partition coefficient (Wildman–Crippen LogP) is 5.27. The second-order valence-electron chi connectivity index (χ2n) is 4.00. The first-order valence-electron chi connectivity index (χ1n) is 3.97. The van der Waals surface area contributed by atoms with E-state index in [0.29, 0.717) is 0 Å². The van der Waals surface area contributed by atoms with E-state index in [1.807, 2.05) is 0 Å². The lowest BCUT2D eigenvalue weighted by Gasteiger charge is -2.20. The molecule has 0 radical (unpaired) electrons. The summed E-state index contributed by atoms with van der Waals surface area (Å²) in [5, 5.41) is 0. The van der Waals surface area contributed by atoms with Gasteiger partial charge < -0.3 is 0 Å². The third kappa shape index (κ3) is 2.80. The Kier molecular flexibility index (Phi) is 3.64. The largest absolute Gasteiger partial charge is 0.0561 e. The fourth-order valence-corrected chi connectivity index (χ4v) is 2.40. The van der Waals surface area contributed by atoms with Gasteiger partial charge in [0.2, 0.25) is 0 Å². The molecule has 0 heterocycles. The number of hydrogen-bond donors (Lipinski definition) is 0. The average molecular weight is 371 g/mol. The topological polar surface area (TPSA) is 0 Å². The van der Waals surface area contributed by atoms with Gasteiger partial charge in [-0.1, -0.05) is 20.8 Å². The summed E-state index contributed by atoms with van der Waals surface area (Å²) in [6.45, 7) is 6.61. The zero-order valence-electron chi connectivity index (χ0n) is 7.79. The van der Waals surface area contributed by atoms with Gasteiger partial charge in [-0.3, -0.25) is 0 Å². The van der Waals surface area contributed by atoms with E-state index in [4.69, 9.17) is 0 Å². The van der Waals surface area contributed by atoms with Gasteiger partial charge in [-0.2, -0.15) is 0 Å². The van der Waals surface area contributed by atoms with Crippen molar-refractivity contribution in [3.05, 3.63) is 31.1 Å². The lowest BCUT2D eigenvalue weighted by molar-refractivity contribution is 0.589. The summed E-state index contributed by atoms with van der Waals surface area (Å²) in [5.74, 6) is 0. The second-order valence-corrected chi connectivity index (χ2v) is 6.51. The minimum Gasteiger partial charge on any atom is -0.0561 e. The quantitative estimate of drug-likeness (QED) is 0.545. The number of benzene rings is 1.